The van der Waals surface area contributed by atoms with Crippen molar-refractivity contribution in [3.8, 4) is 0 Å². The topological polar surface area (TPSA) is 37.8 Å². The summed E-state index contributed by atoms with van der Waals surface area (Å²) in [6.45, 7) is 4.61. The van der Waals surface area contributed by atoms with Crippen LogP contribution < -0.4 is 5.32 Å². The minimum atomic E-state index is 0.325. The Morgan fingerprint density at radius 3 is 2.80 bits per heavy atom. The second kappa shape index (κ2) is 4.26. The molecule has 15 heavy (non-hydrogen) atoms. The van der Waals surface area contributed by atoms with Crippen LogP contribution in [0.1, 0.15) is 39.5 Å². The fourth-order valence-electron chi connectivity index (χ4n) is 2.19. The Morgan fingerprint density at radius 1 is 1.40 bits per heavy atom. The van der Waals surface area contributed by atoms with Crippen LogP contribution in [-0.4, -0.2) is 14.8 Å². The fourth-order valence-corrected chi connectivity index (χ4v) is 2.85. The van der Waals surface area contributed by atoms with E-state index in [2.05, 4.69) is 27.9 Å². The average molecular weight is 246 g/mol. The zero-order valence-corrected chi connectivity index (χ0v) is 10.7. The molecular weight excluding hydrogens is 230 g/mol. The molecule has 0 bridgehead atoms. The van der Waals surface area contributed by atoms with Crippen molar-refractivity contribution in [3.63, 3.8) is 0 Å². The van der Waals surface area contributed by atoms with E-state index in [0.717, 1.165) is 17.5 Å². The number of hydrogen-bond donors (Lipinski definition) is 1. The van der Waals surface area contributed by atoms with Gasteiger partial charge in [0.1, 0.15) is 0 Å². The zero-order chi connectivity index (χ0) is 10.9. The Balaban J connectivity index is 2.07. The van der Waals surface area contributed by atoms with E-state index >= 15 is 0 Å². The van der Waals surface area contributed by atoms with Crippen LogP contribution in [0, 0.1) is 5.41 Å². The van der Waals surface area contributed by atoms with Gasteiger partial charge in [0.15, 0.2) is 11.0 Å². The second-order valence-corrected chi connectivity index (χ2v) is 5.72. The van der Waals surface area contributed by atoms with E-state index in [1.165, 1.54) is 25.7 Å². The molecule has 0 aliphatic heterocycles. The van der Waals surface area contributed by atoms with Gasteiger partial charge in [0.2, 0.25) is 0 Å². The first kappa shape index (κ1) is 11.1. The van der Waals surface area contributed by atoms with Gasteiger partial charge in [-0.15, -0.1) is 0 Å². The third kappa shape index (κ3) is 2.42. The lowest BCUT2D eigenvalue weighted by Crippen LogP contribution is -2.39. The highest BCUT2D eigenvalue weighted by molar-refractivity contribution is 6.99. The first-order valence-electron chi connectivity index (χ1n) is 5.34. The van der Waals surface area contributed by atoms with Crippen LogP contribution in [0.2, 0.25) is 5.15 Å². The molecule has 0 saturated heterocycles. The summed E-state index contributed by atoms with van der Waals surface area (Å²) in [5.74, 6) is 0.752. The number of aromatic nitrogens is 2. The van der Waals surface area contributed by atoms with Gasteiger partial charge in [-0.1, -0.05) is 38.3 Å². The van der Waals surface area contributed by atoms with Gasteiger partial charge in [-0.25, -0.2) is 0 Å². The maximum absolute atomic E-state index is 5.93. The minimum Gasteiger partial charge on any atom is -0.363 e. The molecule has 0 amide bonds. The van der Waals surface area contributed by atoms with E-state index in [-0.39, 0.29) is 0 Å². The molecule has 84 valence electrons. The van der Waals surface area contributed by atoms with Gasteiger partial charge in [0.25, 0.3) is 0 Å². The maximum Gasteiger partial charge on any atom is 0.186 e. The normalized spacial score (nSPS) is 25.1. The van der Waals surface area contributed by atoms with Gasteiger partial charge in [0, 0.05) is 6.04 Å². The first-order valence-corrected chi connectivity index (χ1v) is 6.45. The summed E-state index contributed by atoms with van der Waals surface area (Å²) < 4.78 is 8.13. The van der Waals surface area contributed by atoms with Crippen LogP contribution in [0.15, 0.2) is 0 Å². The second-order valence-electron chi connectivity index (χ2n) is 4.83. The quantitative estimate of drug-likeness (QED) is 0.866. The average Bonchev–Trinajstić information content (AvgIpc) is 2.56. The molecule has 0 radical (unpaired) electrons. The van der Waals surface area contributed by atoms with Gasteiger partial charge in [0.05, 0.1) is 11.7 Å². The number of rotatable bonds is 2. The van der Waals surface area contributed by atoms with Crippen LogP contribution in [-0.2, 0) is 0 Å². The zero-order valence-electron chi connectivity index (χ0n) is 9.09. The smallest absolute Gasteiger partial charge is 0.186 e. The van der Waals surface area contributed by atoms with Gasteiger partial charge < -0.3 is 5.32 Å². The molecule has 0 spiro atoms. The lowest BCUT2D eigenvalue weighted by atomic mass is 9.73. The van der Waals surface area contributed by atoms with E-state index in [4.69, 9.17) is 11.6 Å². The third-order valence-electron chi connectivity index (χ3n) is 3.27. The Morgan fingerprint density at radius 2 is 2.20 bits per heavy atom. The molecule has 1 saturated carbocycles. The SMILES string of the molecule is CC1(C)CCCCC1Nc1nsnc1Cl. The molecular formula is C10H16ClN3S. The lowest BCUT2D eigenvalue weighted by Gasteiger charge is -2.39. The molecule has 0 aromatic carbocycles. The molecule has 1 aliphatic carbocycles. The predicted molar refractivity (Wildman–Crippen MR) is 64.6 cm³/mol. The highest BCUT2D eigenvalue weighted by Gasteiger charge is 2.32. The highest BCUT2D eigenvalue weighted by Crippen LogP contribution is 2.37. The number of anilines is 1. The summed E-state index contributed by atoms with van der Waals surface area (Å²) in [5, 5.41) is 3.93. The van der Waals surface area contributed by atoms with E-state index < -0.39 is 0 Å². The minimum absolute atomic E-state index is 0.325. The number of nitrogens with zero attached hydrogens (tertiary/aromatic N) is 2. The summed E-state index contributed by atoms with van der Waals surface area (Å²) in [6.07, 6.45) is 5.07. The standard InChI is InChI=1S/C10H16ClN3S/c1-10(2)6-4-3-5-7(10)12-9-8(11)13-15-14-9/h7H,3-6H2,1-2H3,(H,12,14). The van der Waals surface area contributed by atoms with Crippen LogP contribution >= 0.6 is 23.3 Å². The molecule has 1 heterocycles. The molecule has 1 atom stereocenters. The molecule has 1 unspecified atom stereocenters. The van der Waals surface area contributed by atoms with E-state index in [9.17, 15) is 0 Å². The van der Waals surface area contributed by atoms with Crippen molar-refractivity contribution < 1.29 is 0 Å². The molecule has 1 fully saturated rings. The molecule has 3 nitrogen and oxygen atoms in total. The van der Waals surface area contributed by atoms with Crippen LogP contribution in [0.5, 0.6) is 0 Å². The molecule has 1 aromatic heterocycles. The summed E-state index contributed by atoms with van der Waals surface area (Å²) in [5.41, 5.74) is 0.325. The lowest BCUT2D eigenvalue weighted by molar-refractivity contribution is 0.217. The number of halogens is 1. The molecule has 2 rings (SSSR count). The van der Waals surface area contributed by atoms with Gasteiger partial charge in [-0.3, -0.25) is 0 Å². The van der Waals surface area contributed by atoms with Gasteiger partial charge in [-0.2, -0.15) is 8.75 Å². The highest BCUT2D eigenvalue weighted by atomic mass is 35.5. The van der Waals surface area contributed by atoms with Crippen molar-refractivity contribution in [2.24, 2.45) is 5.41 Å². The van der Waals surface area contributed by atoms with Gasteiger partial charge in [-0.05, 0) is 18.3 Å². The molecule has 1 N–H and O–H groups in total. The summed E-state index contributed by atoms with van der Waals surface area (Å²) in [7, 11) is 0. The van der Waals surface area contributed by atoms with E-state index in [1.54, 1.807) is 0 Å². The van der Waals surface area contributed by atoms with Crippen molar-refractivity contribution in [1.29, 1.82) is 0 Å². The first-order chi connectivity index (χ1) is 7.09. The largest absolute Gasteiger partial charge is 0.363 e. The van der Waals surface area contributed by atoms with E-state index in [0.29, 0.717) is 16.6 Å². The Labute approximate surface area is 99.6 Å². The van der Waals surface area contributed by atoms with Crippen molar-refractivity contribution in [2.75, 3.05) is 5.32 Å². The molecule has 5 heteroatoms. The fraction of sp³-hybridized carbons (Fsp3) is 0.800. The summed E-state index contributed by atoms with van der Waals surface area (Å²) in [4.78, 5) is 0. The summed E-state index contributed by atoms with van der Waals surface area (Å²) in [6, 6.07) is 0.465. The van der Waals surface area contributed by atoms with Gasteiger partial charge >= 0.3 is 0 Å². The van der Waals surface area contributed by atoms with Crippen molar-refractivity contribution in [2.45, 2.75) is 45.6 Å². The van der Waals surface area contributed by atoms with Crippen LogP contribution in [0.4, 0.5) is 5.82 Å². The third-order valence-corrected chi connectivity index (χ3v) is 4.16. The van der Waals surface area contributed by atoms with Crippen molar-refractivity contribution in [3.05, 3.63) is 5.15 Å². The Hall–Kier alpha value is -0.350. The van der Waals surface area contributed by atoms with Crippen LogP contribution in [0.25, 0.3) is 0 Å². The maximum atomic E-state index is 5.93. The van der Waals surface area contributed by atoms with Crippen molar-refractivity contribution in [1.82, 2.24) is 8.75 Å². The Bertz CT molecular complexity index is 337. The van der Waals surface area contributed by atoms with Crippen molar-refractivity contribution >= 4 is 29.1 Å². The molecule has 1 aliphatic rings. The predicted octanol–water partition coefficient (Wildman–Crippen LogP) is 3.57. The summed E-state index contributed by atoms with van der Waals surface area (Å²) >= 11 is 7.09. The number of hydrogen-bond acceptors (Lipinski definition) is 4. The monoisotopic (exact) mass is 245 g/mol. The van der Waals surface area contributed by atoms with Crippen LogP contribution in [0.3, 0.4) is 0 Å². The number of nitrogens with one attached hydrogen (secondary N) is 1. The molecule has 1 aromatic rings. The van der Waals surface area contributed by atoms with E-state index in [1.807, 2.05) is 0 Å². The Kier molecular flexibility index (Phi) is 3.16.